The van der Waals surface area contributed by atoms with Gasteiger partial charge < -0.3 is 14.7 Å². The molecule has 0 saturated carbocycles. The second-order valence-corrected chi connectivity index (χ2v) is 10.4. The largest absolute Gasteiger partial charge is 0.488 e. The van der Waals surface area contributed by atoms with E-state index in [1.807, 2.05) is 0 Å². The number of alkyl halides is 6. The summed E-state index contributed by atoms with van der Waals surface area (Å²) < 4.78 is 87.6. The van der Waals surface area contributed by atoms with Crippen molar-refractivity contribution in [3.05, 3.63) is 93.5 Å². The average Bonchev–Trinajstić information content (AvgIpc) is 3.05. The Morgan fingerprint density at radius 1 is 0.950 bits per heavy atom. The van der Waals surface area contributed by atoms with Gasteiger partial charge in [-0.3, -0.25) is 4.79 Å². The molecule has 3 aromatic rings. The van der Waals surface area contributed by atoms with Crippen LogP contribution in [0.3, 0.4) is 0 Å². The summed E-state index contributed by atoms with van der Waals surface area (Å²) >= 11 is 12.1. The van der Waals surface area contributed by atoms with Crippen molar-refractivity contribution in [1.29, 1.82) is 0 Å². The zero-order valence-corrected chi connectivity index (χ0v) is 22.4. The van der Waals surface area contributed by atoms with Gasteiger partial charge in [0.1, 0.15) is 11.9 Å². The van der Waals surface area contributed by atoms with Crippen molar-refractivity contribution in [3.63, 3.8) is 0 Å². The highest BCUT2D eigenvalue weighted by Gasteiger charge is 2.71. The Morgan fingerprint density at radius 3 is 2.12 bits per heavy atom. The SMILES string of the molecule is CC(C(=O)N1C[C@@H](Oc2cc(Cl)cc(Cl)c2)CCc2cc(C(O)(C(F)(F)F)C(F)(F)F)ccc21)c1ccccc1. The topological polar surface area (TPSA) is 49.8 Å². The molecule has 0 fully saturated rings. The minimum atomic E-state index is -6.04. The molecule has 3 aromatic carbocycles. The molecule has 0 aromatic heterocycles. The Labute approximate surface area is 236 Å². The fourth-order valence-corrected chi connectivity index (χ4v) is 5.19. The van der Waals surface area contributed by atoms with Crippen molar-refractivity contribution in [1.82, 2.24) is 0 Å². The lowest BCUT2D eigenvalue weighted by molar-refractivity contribution is -0.376. The molecular formula is C28H23Cl2F6NO3. The molecule has 2 atom stereocenters. The van der Waals surface area contributed by atoms with Crippen LogP contribution in [0.5, 0.6) is 5.75 Å². The second kappa shape index (κ2) is 11.1. The lowest BCUT2D eigenvalue weighted by Gasteiger charge is -2.34. The van der Waals surface area contributed by atoms with E-state index in [4.69, 9.17) is 27.9 Å². The van der Waals surface area contributed by atoms with Gasteiger partial charge in [-0.1, -0.05) is 65.7 Å². The molecule has 0 spiro atoms. The van der Waals surface area contributed by atoms with Gasteiger partial charge in [0.25, 0.3) is 5.60 Å². The highest BCUT2D eigenvalue weighted by molar-refractivity contribution is 6.34. The average molecular weight is 606 g/mol. The van der Waals surface area contributed by atoms with Crippen molar-refractivity contribution in [3.8, 4) is 5.75 Å². The summed E-state index contributed by atoms with van der Waals surface area (Å²) in [5, 5.41) is 10.5. The summed E-state index contributed by atoms with van der Waals surface area (Å²) in [5.41, 5.74) is -5.68. The normalized spacial score (nSPS) is 17.1. The minimum Gasteiger partial charge on any atom is -0.488 e. The Hall–Kier alpha value is -2.95. The lowest BCUT2D eigenvalue weighted by atomic mass is 9.89. The zero-order valence-electron chi connectivity index (χ0n) is 20.9. The van der Waals surface area contributed by atoms with E-state index in [1.54, 1.807) is 37.3 Å². The molecule has 4 nitrogen and oxygen atoms in total. The molecule has 214 valence electrons. The molecule has 1 amide bonds. The van der Waals surface area contributed by atoms with Gasteiger partial charge in [-0.25, -0.2) is 0 Å². The number of fused-ring (bicyclic) bond motifs is 1. The molecular weight excluding hydrogens is 583 g/mol. The lowest BCUT2D eigenvalue weighted by Crippen LogP contribution is -2.54. The zero-order chi connectivity index (χ0) is 29.5. The molecule has 0 aliphatic carbocycles. The maximum atomic E-state index is 13.7. The second-order valence-electron chi connectivity index (χ2n) is 9.51. The van der Waals surface area contributed by atoms with E-state index >= 15 is 0 Å². The number of nitrogens with zero attached hydrogens (tertiary/aromatic N) is 1. The first-order chi connectivity index (χ1) is 18.6. The number of aryl methyl sites for hydroxylation is 1. The van der Waals surface area contributed by atoms with Gasteiger partial charge in [-0.2, -0.15) is 26.3 Å². The van der Waals surface area contributed by atoms with Crippen molar-refractivity contribution in [2.75, 3.05) is 11.4 Å². The van der Waals surface area contributed by atoms with E-state index < -0.39 is 41.4 Å². The van der Waals surface area contributed by atoms with Crippen LogP contribution in [-0.4, -0.2) is 36.0 Å². The Kier molecular flexibility index (Phi) is 8.36. The first kappa shape index (κ1) is 30.0. The van der Waals surface area contributed by atoms with Crippen LogP contribution < -0.4 is 9.64 Å². The maximum absolute atomic E-state index is 13.7. The number of ether oxygens (including phenoxy) is 1. The van der Waals surface area contributed by atoms with Crippen LogP contribution in [0.1, 0.15) is 36.0 Å². The number of carbonyl (C=O) groups excluding carboxylic acids is 1. The summed E-state index contributed by atoms with van der Waals surface area (Å²) in [4.78, 5) is 15.0. The van der Waals surface area contributed by atoms with Gasteiger partial charge >= 0.3 is 12.4 Å². The van der Waals surface area contributed by atoms with Crippen LogP contribution in [0.25, 0.3) is 0 Å². The summed E-state index contributed by atoms with van der Waals surface area (Å²) in [7, 11) is 0. The number of amides is 1. The van der Waals surface area contributed by atoms with Crippen molar-refractivity contribution in [2.45, 2.75) is 49.7 Å². The smallest absolute Gasteiger partial charge is 0.430 e. The first-order valence-electron chi connectivity index (χ1n) is 12.1. The summed E-state index contributed by atoms with van der Waals surface area (Å²) in [6, 6.07) is 15.4. The quantitative estimate of drug-likeness (QED) is 0.301. The number of anilines is 1. The van der Waals surface area contributed by atoms with E-state index in [9.17, 15) is 36.2 Å². The van der Waals surface area contributed by atoms with Crippen LogP contribution in [-0.2, 0) is 16.8 Å². The van der Waals surface area contributed by atoms with Crippen molar-refractivity contribution < 1.29 is 41.0 Å². The maximum Gasteiger partial charge on any atom is 0.430 e. The highest BCUT2D eigenvalue weighted by Crippen LogP contribution is 2.51. The summed E-state index contributed by atoms with van der Waals surface area (Å²) in [6.45, 7) is 1.59. The van der Waals surface area contributed by atoms with Crippen LogP contribution in [0, 0.1) is 0 Å². The number of rotatable bonds is 5. The number of carbonyl (C=O) groups is 1. The molecule has 1 aliphatic heterocycles. The molecule has 1 unspecified atom stereocenters. The van der Waals surface area contributed by atoms with E-state index in [1.165, 1.54) is 23.1 Å². The molecule has 40 heavy (non-hydrogen) atoms. The Morgan fingerprint density at radius 2 is 1.55 bits per heavy atom. The number of halogens is 8. The molecule has 0 bridgehead atoms. The van der Waals surface area contributed by atoms with Gasteiger partial charge in [-0.15, -0.1) is 0 Å². The van der Waals surface area contributed by atoms with Crippen LogP contribution in [0.15, 0.2) is 66.7 Å². The summed E-state index contributed by atoms with van der Waals surface area (Å²) in [6.07, 6.45) is -12.7. The number of hydrogen-bond donors (Lipinski definition) is 1. The van der Waals surface area contributed by atoms with E-state index in [0.29, 0.717) is 17.7 Å². The van der Waals surface area contributed by atoms with Crippen LogP contribution in [0.4, 0.5) is 32.0 Å². The monoisotopic (exact) mass is 605 g/mol. The molecule has 1 aliphatic rings. The van der Waals surface area contributed by atoms with Gasteiger partial charge in [0, 0.05) is 21.3 Å². The highest BCUT2D eigenvalue weighted by atomic mass is 35.5. The fraction of sp³-hybridized carbons (Fsp3) is 0.321. The van der Waals surface area contributed by atoms with E-state index in [-0.39, 0.29) is 46.4 Å². The van der Waals surface area contributed by atoms with Crippen molar-refractivity contribution >= 4 is 34.8 Å². The fourth-order valence-electron chi connectivity index (χ4n) is 4.68. The third-order valence-electron chi connectivity index (χ3n) is 6.81. The minimum absolute atomic E-state index is 0.0215. The summed E-state index contributed by atoms with van der Waals surface area (Å²) in [5.74, 6) is -0.863. The van der Waals surface area contributed by atoms with Crippen molar-refractivity contribution in [2.24, 2.45) is 0 Å². The van der Waals surface area contributed by atoms with Gasteiger partial charge in [-0.05, 0) is 55.2 Å². The van der Waals surface area contributed by atoms with E-state index in [0.717, 1.165) is 6.07 Å². The number of hydrogen-bond acceptors (Lipinski definition) is 3. The van der Waals surface area contributed by atoms with Crippen LogP contribution >= 0.6 is 23.2 Å². The predicted molar refractivity (Wildman–Crippen MR) is 139 cm³/mol. The van der Waals surface area contributed by atoms with Gasteiger partial charge in [0.2, 0.25) is 5.91 Å². The molecule has 1 heterocycles. The Balaban J connectivity index is 1.78. The molecule has 0 saturated heterocycles. The standard InChI is InChI=1S/C28H23Cl2F6NO3/c1-16(17-5-3-2-4-6-17)25(38)37-15-22(40-23-13-20(29)12-21(30)14-23)9-7-18-11-19(8-10-24(18)37)26(39,27(31,32)33)28(34,35)36/h2-6,8,10-14,16,22,39H,7,9,15H2,1H3/t16?,22-/m0/s1. The molecule has 12 heteroatoms. The predicted octanol–water partition coefficient (Wildman–Crippen LogP) is 7.84. The van der Waals surface area contributed by atoms with Gasteiger partial charge in [0.05, 0.1) is 12.5 Å². The number of aliphatic hydroxyl groups is 1. The third kappa shape index (κ3) is 5.89. The van der Waals surface area contributed by atoms with E-state index in [2.05, 4.69) is 0 Å². The first-order valence-corrected chi connectivity index (χ1v) is 12.9. The molecule has 1 N–H and O–H groups in total. The van der Waals surface area contributed by atoms with Crippen LogP contribution in [0.2, 0.25) is 10.0 Å². The number of benzene rings is 3. The molecule has 0 radical (unpaired) electrons. The third-order valence-corrected chi connectivity index (χ3v) is 7.24. The van der Waals surface area contributed by atoms with Gasteiger partial charge in [0.15, 0.2) is 0 Å². The molecule has 4 rings (SSSR count). The Bertz CT molecular complexity index is 1350.